The number of rotatable bonds is 5. The lowest BCUT2D eigenvalue weighted by Crippen LogP contribution is -2.30. The van der Waals surface area contributed by atoms with E-state index in [1.165, 1.54) is 0 Å². The maximum Gasteiger partial charge on any atom is 0.151 e. The minimum absolute atomic E-state index is 0.321. The van der Waals surface area contributed by atoms with Crippen LogP contribution in [0.25, 0.3) is 0 Å². The lowest BCUT2D eigenvalue weighted by atomic mass is 10.1. The number of aryl methyl sites for hydroxylation is 1. The molecular formula is C11H18N4O. The summed E-state index contributed by atoms with van der Waals surface area (Å²) in [6, 6.07) is 0. The fraction of sp³-hybridized carbons (Fsp3) is 0.636. The van der Waals surface area contributed by atoms with Crippen LogP contribution < -0.4 is 5.32 Å². The normalized spacial score (nSPS) is 19.7. The van der Waals surface area contributed by atoms with Gasteiger partial charge in [-0.25, -0.2) is 4.98 Å². The second kappa shape index (κ2) is 5.65. The predicted molar refractivity (Wildman–Crippen MR) is 60.8 cm³/mol. The molecule has 1 aliphatic rings. The molecule has 0 spiro atoms. The highest BCUT2D eigenvalue weighted by Crippen LogP contribution is 2.08. The molecular weight excluding hydrogens is 204 g/mol. The summed E-state index contributed by atoms with van der Waals surface area (Å²) in [6.07, 6.45) is 9.00. The summed E-state index contributed by atoms with van der Waals surface area (Å²) < 4.78 is 7.18. The Morgan fingerprint density at radius 2 is 2.56 bits per heavy atom. The van der Waals surface area contributed by atoms with Gasteiger partial charge in [0, 0.05) is 26.6 Å². The molecule has 16 heavy (non-hydrogen) atoms. The Morgan fingerprint density at radius 1 is 1.62 bits per heavy atom. The van der Waals surface area contributed by atoms with Gasteiger partial charge in [0.25, 0.3) is 0 Å². The number of nitrogens with zero attached hydrogens (tertiary/aromatic N) is 3. The molecule has 0 fully saturated rings. The Labute approximate surface area is 95.5 Å². The molecule has 1 aliphatic heterocycles. The van der Waals surface area contributed by atoms with Gasteiger partial charge in [0.15, 0.2) is 5.82 Å². The van der Waals surface area contributed by atoms with Gasteiger partial charge < -0.3 is 10.1 Å². The number of allylic oxidation sites excluding steroid dienone is 1. The van der Waals surface area contributed by atoms with E-state index < -0.39 is 0 Å². The minimum Gasteiger partial charge on any atom is -0.497 e. The summed E-state index contributed by atoms with van der Waals surface area (Å²) in [5, 5.41) is 7.58. The Balaban J connectivity index is 1.59. The first-order chi connectivity index (χ1) is 7.84. The number of hydrogen-bond donors (Lipinski definition) is 1. The largest absolute Gasteiger partial charge is 0.497 e. The van der Waals surface area contributed by atoms with Crippen molar-refractivity contribution in [3.8, 4) is 0 Å². The van der Waals surface area contributed by atoms with Crippen LogP contribution in [0.15, 0.2) is 18.7 Å². The van der Waals surface area contributed by atoms with Crippen molar-refractivity contribution in [3.05, 3.63) is 24.5 Å². The molecule has 5 nitrogen and oxygen atoms in total. The molecule has 88 valence electrons. The predicted octanol–water partition coefficient (Wildman–Crippen LogP) is 0.640. The zero-order chi connectivity index (χ0) is 11.2. The Hall–Kier alpha value is -1.36. The Bertz CT molecular complexity index is 348. The van der Waals surface area contributed by atoms with Crippen LogP contribution in [0, 0.1) is 0 Å². The van der Waals surface area contributed by atoms with E-state index in [4.69, 9.17) is 4.74 Å². The summed E-state index contributed by atoms with van der Waals surface area (Å²) in [7, 11) is 1.88. The second-order valence-electron chi connectivity index (χ2n) is 4.00. The van der Waals surface area contributed by atoms with Crippen LogP contribution in [-0.2, 0) is 18.2 Å². The number of hydrogen-bond acceptors (Lipinski definition) is 4. The summed E-state index contributed by atoms with van der Waals surface area (Å²) in [5.74, 6) is 0.888. The summed E-state index contributed by atoms with van der Waals surface area (Å²) in [5.41, 5.74) is 0. The molecule has 1 unspecified atom stereocenters. The molecule has 1 atom stereocenters. The van der Waals surface area contributed by atoms with Crippen molar-refractivity contribution in [2.45, 2.75) is 25.4 Å². The molecule has 0 radical (unpaired) electrons. The molecule has 0 bridgehead atoms. The van der Waals surface area contributed by atoms with Crippen LogP contribution in [0.1, 0.15) is 18.7 Å². The van der Waals surface area contributed by atoms with E-state index >= 15 is 0 Å². The SMILES string of the molecule is Cn1cnc(CCNCC2CCC=CO2)n1. The van der Waals surface area contributed by atoms with Gasteiger partial charge in [-0.3, -0.25) is 4.68 Å². The highest BCUT2D eigenvalue weighted by atomic mass is 16.5. The van der Waals surface area contributed by atoms with Crippen molar-refractivity contribution in [3.63, 3.8) is 0 Å². The maximum atomic E-state index is 5.46. The third-order valence-corrected chi connectivity index (χ3v) is 2.57. The van der Waals surface area contributed by atoms with Crippen molar-refractivity contribution in [2.75, 3.05) is 13.1 Å². The van der Waals surface area contributed by atoms with E-state index in [0.29, 0.717) is 6.10 Å². The van der Waals surface area contributed by atoms with Gasteiger partial charge in [-0.05, 0) is 18.9 Å². The zero-order valence-corrected chi connectivity index (χ0v) is 9.59. The van der Waals surface area contributed by atoms with Crippen molar-refractivity contribution in [2.24, 2.45) is 7.05 Å². The molecule has 0 saturated heterocycles. The standard InChI is InChI=1S/C11H18N4O/c1-15-9-13-11(14-15)5-6-12-8-10-4-2-3-7-16-10/h3,7,9-10,12H,2,4-6,8H2,1H3. The quantitative estimate of drug-likeness (QED) is 0.743. The molecule has 1 aromatic heterocycles. The Morgan fingerprint density at radius 3 is 3.25 bits per heavy atom. The fourth-order valence-electron chi connectivity index (χ4n) is 1.70. The van der Waals surface area contributed by atoms with Crippen molar-refractivity contribution in [1.29, 1.82) is 0 Å². The molecule has 0 aliphatic carbocycles. The average Bonchev–Trinajstić information content (AvgIpc) is 2.72. The van der Waals surface area contributed by atoms with Crippen LogP contribution in [0.4, 0.5) is 0 Å². The third-order valence-electron chi connectivity index (χ3n) is 2.57. The maximum absolute atomic E-state index is 5.46. The van der Waals surface area contributed by atoms with Crippen LogP contribution >= 0.6 is 0 Å². The molecule has 0 aromatic carbocycles. The summed E-state index contributed by atoms with van der Waals surface area (Å²) >= 11 is 0. The van der Waals surface area contributed by atoms with Gasteiger partial charge in [-0.1, -0.05) is 0 Å². The van der Waals surface area contributed by atoms with Crippen molar-refractivity contribution < 1.29 is 4.74 Å². The van der Waals surface area contributed by atoms with Crippen LogP contribution in [0.2, 0.25) is 0 Å². The first-order valence-corrected chi connectivity index (χ1v) is 5.70. The molecule has 0 saturated carbocycles. The first-order valence-electron chi connectivity index (χ1n) is 5.70. The van der Waals surface area contributed by atoms with Gasteiger partial charge in [0.2, 0.25) is 0 Å². The summed E-state index contributed by atoms with van der Waals surface area (Å²) in [4.78, 5) is 4.17. The lowest BCUT2D eigenvalue weighted by molar-refractivity contribution is 0.122. The van der Waals surface area contributed by atoms with E-state index in [2.05, 4.69) is 21.5 Å². The highest BCUT2D eigenvalue weighted by molar-refractivity contribution is 4.84. The van der Waals surface area contributed by atoms with Gasteiger partial charge in [-0.15, -0.1) is 0 Å². The summed E-state index contributed by atoms with van der Waals surface area (Å²) in [6.45, 7) is 1.80. The first kappa shape index (κ1) is 11.1. The lowest BCUT2D eigenvalue weighted by Gasteiger charge is -2.19. The number of nitrogens with one attached hydrogen (secondary N) is 1. The number of aromatic nitrogens is 3. The molecule has 5 heteroatoms. The minimum atomic E-state index is 0.321. The van der Waals surface area contributed by atoms with E-state index in [-0.39, 0.29) is 0 Å². The molecule has 1 aromatic rings. The Kier molecular flexibility index (Phi) is 3.93. The van der Waals surface area contributed by atoms with E-state index in [9.17, 15) is 0 Å². The third kappa shape index (κ3) is 3.34. The van der Waals surface area contributed by atoms with E-state index in [0.717, 1.165) is 38.2 Å². The van der Waals surface area contributed by atoms with Gasteiger partial charge >= 0.3 is 0 Å². The van der Waals surface area contributed by atoms with Crippen LogP contribution in [-0.4, -0.2) is 34.0 Å². The molecule has 0 amide bonds. The van der Waals surface area contributed by atoms with Crippen LogP contribution in [0.3, 0.4) is 0 Å². The van der Waals surface area contributed by atoms with E-state index in [1.54, 1.807) is 17.3 Å². The monoisotopic (exact) mass is 222 g/mol. The topological polar surface area (TPSA) is 52.0 Å². The van der Waals surface area contributed by atoms with Crippen molar-refractivity contribution >= 4 is 0 Å². The molecule has 1 N–H and O–H groups in total. The molecule has 2 heterocycles. The van der Waals surface area contributed by atoms with Crippen molar-refractivity contribution in [1.82, 2.24) is 20.1 Å². The van der Waals surface area contributed by atoms with Gasteiger partial charge in [-0.2, -0.15) is 5.10 Å². The van der Waals surface area contributed by atoms with Crippen LogP contribution in [0.5, 0.6) is 0 Å². The smallest absolute Gasteiger partial charge is 0.151 e. The van der Waals surface area contributed by atoms with Gasteiger partial charge in [0.1, 0.15) is 12.4 Å². The van der Waals surface area contributed by atoms with Gasteiger partial charge in [0.05, 0.1) is 6.26 Å². The average molecular weight is 222 g/mol. The zero-order valence-electron chi connectivity index (χ0n) is 9.59. The highest BCUT2D eigenvalue weighted by Gasteiger charge is 2.09. The molecule has 2 rings (SSSR count). The second-order valence-corrected chi connectivity index (χ2v) is 4.00. The number of ether oxygens (including phenoxy) is 1. The van der Waals surface area contributed by atoms with E-state index in [1.807, 2.05) is 7.05 Å². The fourth-order valence-corrected chi connectivity index (χ4v) is 1.70.